The number of amides is 1. The molecule has 65 heavy (non-hydrogen) atoms. The SMILES string of the molecule is CC/C=C\C/C=C\C/C=C\C/C=C\C/C=C\C/C=C\C/C=C\C/C=C\C/C=C\C/C=C\C/C=C\CCCCCCCCCC(=O)NC(CO)C(O)/C=C/CC/C=C/CC/C=C/CCCC. The van der Waals surface area contributed by atoms with Crippen molar-refractivity contribution < 1.29 is 15.0 Å². The fraction of sp³-hybridized carbons (Fsp3) is 0.525. The first-order chi connectivity index (χ1) is 32.2. The summed E-state index contributed by atoms with van der Waals surface area (Å²) >= 11 is 0. The summed E-state index contributed by atoms with van der Waals surface area (Å²) in [6.45, 7) is 4.10. The average Bonchev–Trinajstić information content (AvgIpc) is 3.31. The van der Waals surface area contributed by atoms with Gasteiger partial charge in [0.25, 0.3) is 0 Å². The molecule has 0 aromatic carbocycles. The largest absolute Gasteiger partial charge is 0.394 e. The lowest BCUT2D eigenvalue weighted by Crippen LogP contribution is -2.45. The maximum Gasteiger partial charge on any atom is 0.220 e. The summed E-state index contributed by atoms with van der Waals surface area (Å²) in [5, 5.41) is 22.9. The first kappa shape index (κ1) is 60.8. The molecule has 0 saturated carbocycles. The molecule has 0 spiro atoms. The van der Waals surface area contributed by atoms with Gasteiger partial charge in [0.15, 0.2) is 0 Å². The van der Waals surface area contributed by atoms with Crippen molar-refractivity contribution in [3.8, 4) is 0 Å². The van der Waals surface area contributed by atoms with Gasteiger partial charge in [-0.2, -0.15) is 0 Å². The molecule has 0 fully saturated rings. The molecular formula is C61H95NO3. The zero-order chi connectivity index (χ0) is 47.0. The maximum absolute atomic E-state index is 12.4. The predicted molar refractivity (Wildman–Crippen MR) is 289 cm³/mol. The van der Waals surface area contributed by atoms with Crippen LogP contribution in [0.3, 0.4) is 0 Å². The van der Waals surface area contributed by atoms with Crippen molar-refractivity contribution in [1.82, 2.24) is 5.32 Å². The number of allylic oxidation sites excluding steroid dienone is 27. The van der Waals surface area contributed by atoms with E-state index in [2.05, 4.69) is 177 Å². The summed E-state index contributed by atoms with van der Waals surface area (Å²) in [5.74, 6) is -0.0995. The van der Waals surface area contributed by atoms with Crippen LogP contribution in [-0.4, -0.2) is 34.9 Å². The van der Waals surface area contributed by atoms with Crippen molar-refractivity contribution in [3.63, 3.8) is 0 Å². The number of hydrogen-bond acceptors (Lipinski definition) is 3. The summed E-state index contributed by atoms with van der Waals surface area (Å²) in [4.78, 5) is 12.4. The summed E-state index contributed by atoms with van der Waals surface area (Å²) in [7, 11) is 0. The Balaban J connectivity index is 3.70. The van der Waals surface area contributed by atoms with Crippen LogP contribution in [0.1, 0.15) is 187 Å². The second-order valence-electron chi connectivity index (χ2n) is 16.5. The highest BCUT2D eigenvalue weighted by molar-refractivity contribution is 5.76. The van der Waals surface area contributed by atoms with Crippen LogP contribution in [0.4, 0.5) is 0 Å². The summed E-state index contributed by atoms with van der Waals surface area (Å²) in [6.07, 6.45) is 89.2. The van der Waals surface area contributed by atoms with Gasteiger partial charge in [-0.05, 0) is 122 Å². The molecule has 4 heteroatoms. The van der Waals surface area contributed by atoms with Gasteiger partial charge in [-0.25, -0.2) is 0 Å². The monoisotopic (exact) mass is 890 g/mol. The first-order valence-corrected chi connectivity index (χ1v) is 25.8. The molecule has 2 unspecified atom stereocenters. The molecule has 0 rings (SSSR count). The Bertz CT molecular complexity index is 1470. The summed E-state index contributed by atoms with van der Waals surface area (Å²) in [5.41, 5.74) is 0. The van der Waals surface area contributed by atoms with E-state index < -0.39 is 12.1 Å². The van der Waals surface area contributed by atoms with Crippen LogP contribution < -0.4 is 5.32 Å². The molecule has 362 valence electrons. The van der Waals surface area contributed by atoms with Gasteiger partial charge in [0, 0.05) is 6.42 Å². The van der Waals surface area contributed by atoms with E-state index in [1.807, 2.05) is 6.08 Å². The molecule has 1 amide bonds. The fourth-order valence-electron chi connectivity index (χ4n) is 6.49. The molecule has 0 bridgehead atoms. The Morgan fingerprint density at radius 1 is 0.385 bits per heavy atom. The fourth-order valence-corrected chi connectivity index (χ4v) is 6.49. The van der Waals surface area contributed by atoms with Crippen molar-refractivity contribution in [1.29, 1.82) is 0 Å². The van der Waals surface area contributed by atoms with E-state index in [9.17, 15) is 15.0 Å². The lowest BCUT2D eigenvalue weighted by Gasteiger charge is -2.19. The number of rotatable bonds is 44. The Hall–Kier alpha value is -4.25. The predicted octanol–water partition coefficient (Wildman–Crippen LogP) is 17.2. The molecule has 0 radical (unpaired) electrons. The number of hydrogen-bond donors (Lipinski definition) is 3. The standard InChI is InChI=1S/C61H95NO3/c1-3-5-7-9-11-13-15-17-18-19-20-21-22-23-24-25-26-27-28-29-30-31-32-33-34-35-36-37-38-39-40-41-42-43-44-45-47-49-51-53-55-57-61(65)62-59(58-63)60(64)56-54-52-50-48-46-16-14-12-10-8-6-4-2/h5,7,10-13,17-18,20-21,23-24,26-27,29-30,32-33,35-36,38-39,41-42,46,48,54,56,59-60,63-64H,3-4,6,8-9,14-16,19,22,25,28,31,34,37,40,43-45,47,49-53,55,57-58H2,1-2H3,(H,62,65)/b7-5-,12-10+,13-11-,18-17-,21-20-,24-23-,27-26-,30-29-,33-32-,36-35-,39-38-,42-41-,48-46+,56-54+. The zero-order valence-corrected chi connectivity index (χ0v) is 41.4. The van der Waals surface area contributed by atoms with Crippen molar-refractivity contribution in [3.05, 3.63) is 170 Å². The Labute approximate surface area is 400 Å². The van der Waals surface area contributed by atoms with Crippen molar-refractivity contribution in [2.24, 2.45) is 0 Å². The molecule has 0 aromatic rings. The van der Waals surface area contributed by atoms with Gasteiger partial charge < -0.3 is 15.5 Å². The number of unbranched alkanes of at least 4 members (excludes halogenated alkanes) is 11. The van der Waals surface area contributed by atoms with E-state index in [-0.39, 0.29) is 12.5 Å². The van der Waals surface area contributed by atoms with Crippen molar-refractivity contribution in [2.45, 2.75) is 199 Å². The van der Waals surface area contributed by atoms with Crippen molar-refractivity contribution in [2.75, 3.05) is 6.61 Å². The molecule has 0 aliphatic carbocycles. The molecular weight excluding hydrogens is 795 g/mol. The minimum atomic E-state index is -0.885. The summed E-state index contributed by atoms with van der Waals surface area (Å²) < 4.78 is 0. The Morgan fingerprint density at radius 2 is 0.692 bits per heavy atom. The van der Waals surface area contributed by atoms with E-state index >= 15 is 0 Å². The highest BCUT2D eigenvalue weighted by Crippen LogP contribution is 2.11. The third-order valence-electron chi connectivity index (χ3n) is 10.4. The second kappa shape index (κ2) is 54.1. The highest BCUT2D eigenvalue weighted by atomic mass is 16.3. The molecule has 0 aliphatic rings. The van der Waals surface area contributed by atoms with Gasteiger partial charge >= 0.3 is 0 Å². The zero-order valence-electron chi connectivity index (χ0n) is 41.4. The van der Waals surface area contributed by atoms with Gasteiger partial charge in [-0.15, -0.1) is 0 Å². The van der Waals surface area contributed by atoms with Crippen LogP contribution in [0.2, 0.25) is 0 Å². The number of aliphatic hydroxyl groups excluding tert-OH is 2. The van der Waals surface area contributed by atoms with E-state index in [1.165, 1.54) is 44.9 Å². The Morgan fingerprint density at radius 3 is 1.08 bits per heavy atom. The van der Waals surface area contributed by atoms with E-state index in [4.69, 9.17) is 0 Å². The van der Waals surface area contributed by atoms with Crippen molar-refractivity contribution >= 4 is 5.91 Å². The van der Waals surface area contributed by atoms with Crippen LogP contribution in [-0.2, 0) is 4.79 Å². The van der Waals surface area contributed by atoms with Gasteiger partial charge in [-0.1, -0.05) is 229 Å². The minimum Gasteiger partial charge on any atom is -0.394 e. The topological polar surface area (TPSA) is 69.6 Å². The molecule has 0 aliphatic heterocycles. The second-order valence-corrected chi connectivity index (χ2v) is 16.5. The molecule has 0 saturated heterocycles. The summed E-state index contributed by atoms with van der Waals surface area (Å²) in [6, 6.07) is -0.663. The molecule has 2 atom stereocenters. The van der Waals surface area contributed by atoms with E-state index in [0.717, 1.165) is 122 Å². The van der Waals surface area contributed by atoms with Crippen LogP contribution in [0.25, 0.3) is 0 Å². The highest BCUT2D eigenvalue weighted by Gasteiger charge is 2.17. The third-order valence-corrected chi connectivity index (χ3v) is 10.4. The number of carbonyl (C=O) groups excluding carboxylic acids is 1. The van der Waals surface area contributed by atoms with Gasteiger partial charge in [0.1, 0.15) is 0 Å². The number of nitrogens with one attached hydrogen (secondary N) is 1. The van der Waals surface area contributed by atoms with E-state index in [0.29, 0.717) is 6.42 Å². The maximum atomic E-state index is 12.4. The van der Waals surface area contributed by atoms with Gasteiger partial charge in [0.2, 0.25) is 5.91 Å². The normalized spacial score (nSPS) is 14.3. The van der Waals surface area contributed by atoms with E-state index in [1.54, 1.807) is 6.08 Å². The number of carbonyl (C=O) groups is 1. The molecule has 3 N–H and O–H groups in total. The lowest BCUT2D eigenvalue weighted by molar-refractivity contribution is -0.123. The van der Waals surface area contributed by atoms with Gasteiger partial charge in [0.05, 0.1) is 18.8 Å². The van der Waals surface area contributed by atoms with Crippen LogP contribution in [0.5, 0.6) is 0 Å². The molecule has 0 aromatic heterocycles. The molecule has 0 heterocycles. The average molecular weight is 890 g/mol. The van der Waals surface area contributed by atoms with Crippen LogP contribution >= 0.6 is 0 Å². The molecule has 4 nitrogen and oxygen atoms in total. The van der Waals surface area contributed by atoms with Crippen LogP contribution in [0, 0.1) is 0 Å². The lowest BCUT2D eigenvalue weighted by atomic mass is 10.1. The van der Waals surface area contributed by atoms with Gasteiger partial charge in [-0.3, -0.25) is 4.79 Å². The minimum absolute atomic E-state index is 0.0995. The number of aliphatic hydroxyl groups is 2. The Kier molecular flexibility index (Phi) is 50.5. The first-order valence-electron chi connectivity index (χ1n) is 25.8. The quantitative estimate of drug-likeness (QED) is 0.0422. The van der Waals surface area contributed by atoms with Crippen LogP contribution in [0.15, 0.2) is 170 Å². The smallest absolute Gasteiger partial charge is 0.220 e. The third kappa shape index (κ3) is 50.6.